The molecule has 22 heavy (non-hydrogen) atoms. The number of amides is 1. The van der Waals surface area contributed by atoms with Crippen molar-refractivity contribution < 1.29 is 14.7 Å². The number of carbonyl (C=O) groups excluding carboxylic acids is 1. The van der Waals surface area contributed by atoms with Gasteiger partial charge in [0.05, 0.1) is 5.92 Å². The van der Waals surface area contributed by atoms with Crippen LogP contribution in [0.5, 0.6) is 0 Å². The molecule has 1 amide bonds. The predicted molar refractivity (Wildman–Crippen MR) is 88.0 cm³/mol. The Kier molecular flexibility index (Phi) is 6.31. The van der Waals surface area contributed by atoms with Gasteiger partial charge in [0.25, 0.3) is 0 Å². The summed E-state index contributed by atoms with van der Waals surface area (Å²) in [6, 6.07) is 8.32. The lowest BCUT2D eigenvalue weighted by Gasteiger charge is -2.25. The van der Waals surface area contributed by atoms with Crippen LogP contribution >= 0.6 is 11.8 Å². The third-order valence-corrected chi connectivity index (χ3v) is 5.10. The zero-order chi connectivity index (χ0) is 15.9. The Morgan fingerprint density at radius 1 is 1.23 bits per heavy atom. The van der Waals surface area contributed by atoms with Crippen molar-refractivity contribution in [2.45, 2.75) is 37.5 Å². The Bertz CT molecular complexity index is 515. The number of hydrogen-bond donors (Lipinski definition) is 2. The summed E-state index contributed by atoms with van der Waals surface area (Å²) in [5.41, 5.74) is 1.24. The summed E-state index contributed by atoms with van der Waals surface area (Å²) in [6.07, 6.45) is 2.81. The van der Waals surface area contributed by atoms with Crippen LogP contribution in [0, 0.1) is 18.8 Å². The van der Waals surface area contributed by atoms with Crippen molar-refractivity contribution in [3.63, 3.8) is 0 Å². The summed E-state index contributed by atoms with van der Waals surface area (Å²) in [4.78, 5) is 24.3. The first kappa shape index (κ1) is 16.9. The summed E-state index contributed by atoms with van der Waals surface area (Å²) in [5.74, 6) is -0.433. The molecule has 1 aliphatic rings. The molecule has 0 aliphatic heterocycles. The lowest BCUT2D eigenvalue weighted by Crippen LogP contribution is -2.36. The molecule has 0 heterocycles. The van der Waals surface area contributed by atoms with Crippen LogP contribution in [-0.2, 0) is 9.59 Å². The van der Waals surface area contributed by atoms with Crippen LogP contribution in [0.25, 0.3) is 0 Å². The van der Waals surface area contributed by atoms with Gasteiger partial charge >= 0.3 is 5.97 Å². The Hall–Kier alpha value is -1.49. The van der Waals surface area contributed by atoms with Crippen molar-refractivity contribution in [2.24, 2.45) is 11.8 Å². The summed E-state index contributed by atoms with van der Waals surface area (Å²) in [5, 5.41) is 12.0. The van der Waals surface area contributed by atoms with E-state index in [1.165, 1.54) is 10.5 Å². The van der Waals surface area contributed by atoms with Crippen molar-refractivity contribution in [3.8, 4) is 0 Å². The van der Waals surface area contributed by atoms with Crippen molar-refractivity contribution in [1.82, 2.24) is 5.32 Å². The fourth-order valence-electron chi connectivity index (χ4n) is 2.77. The van der Waals surface area contributed by atoms with Crippen LogP contribution < -0.4 is 5.32 Å². The molecule has 1 fully saturated rings. The van der Waals surface area contributed by atoms with E-state index in [4.69, 9.17) is 5.11 Å². The number of rotatable bonds is 6. The first-order chi connectivity index (χ1) is 10.6. The van der Waals surface area contributed by atoms with Crippen LogP contribution in [0.3, 0.4) is 0 Å². The third kappa shape index (κ3) is 5.05. The molecule has 2 rings (SSSR count). The van der Waals surface area contributed by atoms with Crippen LogP contribution in [-0.4, -0.2) is 29.3 Å². The van der Waals surface area contributed by atoms with Crippen molar-refractivity contribution >= 4 is 23.6 Å². The molecule has 0 bridgehead atoms. The van der Waals surface area contributed by atoms with E-state index in [1.54, 1.807) is 11.8 Å². The fraction of sp³-hybridized carbons (Fsp3) is 0.529. The first-order valence-electron chi connectivity index (χ1n) is 7.76. The number of hydrogen-bond acceptors (Lipinski definition) is 3. The van der Waals surface area contributed by atoms with E-state index in [2.05, 4.69) is 36.5 Å². The van der Waals surface area contributed by atoms with Gasteiger partial charge in [-0.3, -0.25) is 9.59 Å². The molecule has 2 N–H and O–H groups in total. The number of aliphatic carboxylic acids is 1. The molecule has 0 aromatic heterocycles. The van der Waals surface area contributed by atoms with Crippen LogP contribution in [0.2, 0.25) is 0 Å². The monoisotopic (exact) mass is 321 g/mol. The first-order valence-corrected chi connectivity index (χ1v) is 8.75. The maximum atomic E-state index is 12.1. The number of carboxylic acids is 1. The second-order valence-electron chi connectivity index (χ2n) is 5.85. The smallest absolute Gasteiger partial charge is 0.306 e. The van der Waals surface area contributed by atoms with E-state index in [-0.39, 0.29) is 17.7 Å². The summed E-state index contributed by atoms with van der Waals surface area (Å²) in [7, 11) is 0. The Morgan fingerprint density at radius 2 is 1.91 bits per heavy atom. The average molecular weight is 321 g/mol. The van der Waals surface area contributed by atoms with Gasteiger partial charge in [0.1, 0.15) is 0 Å². The topological polar surface area (TPSA) is 66.4 Å². The zero-order valence-corrected chi connectivity index (χ0v) is 13.7. The number of nitrogens with one attached hydrogen (secondary N) is 1. The highest BCUT2D eigenvalue weighted by molar-refractivity contribution is 7.99. The molecular formula is C17H23NO3S. The van der Waals surface area contributed by atoms with Crippen molar-refractivity contribution in [1.29, 1.82) is 0 Å². The summed E-state index contributed by atoms with van der Waals surface area (Å²) in [6.45, 7) is 2.68. The molecule has 1 aliphatic carbocycles. The molecular weight excluding hydrogens is 298 g/mol. The van der Waals surface area contributed by atoms with Gasteiger partial charge in [-0.1, -0.05) is 24.1 Å². The number of aryl methyl sites for hydroxylation is 1. The summed E-state index contributed by atoms with van der Waals surface area (Å²) < 4.78 is 0. The second kappa shape index (κ2) is 8.22. The highest BCUT2D eigenvalue weighted by Gasteiger charge is 2.30. The number of carbonyl (C=O) groups is 2. The largest absolute Gasteiger partial charge is 0.481 e. The van der Waals surface area contributed by atoms with E-state index >= 15 is 0 Å². The number of benzene rings is 1. The maximum absolute atomic E-state index is 12.1. The van der Waals surface area contributed by atoms with E-state index in [0.717, 1.165) is 18.6 Å². The van der Waals surface area contributed by atoms with Gasteiger partial charge in [-0.25, -0.2) is 0 Å². The lowest BCUT2D eigenvalue weighted by molar-refractivity contribution is -0.144. The predicted octanol–water partition coefficient (Wildman–Crippen LogP) is 3.09. The van der Waals surface area contributed by atoms with Gasteiger partial charge in [0, 0.05) is 23.1 Å². The highest BCUT2D eigenvalue weighted by Crippen LogP contribution is 2.29. The standard InChI is InChI=1S/C17H23NO3S/c1-12-5-7-15(8-6-12)22-10-9-18-16(19)13-3-2-4-14(11-13)17(20)21/h5-8,13-14H,2-4,9-11H2,1H3,(H,18,19)(H,20,21). The highest BCUT2D eigenvalue weighted by atomic mass is 32.2. The lowest BCUT2D eigenvalue weighted by atomic mass is 9.81. The van der Waals surface area contributed by atoms with Crippen LogP contribution in [0.1, 0.15) is 31.2 Å². The van der Waals surface area contributed by atoms with Gasteiger partial charge in [0.15, 0.2) is 0 Å². The molecule has 0 saturated heterocycles. The second-order valence-corrected chi connectivity index (χ2v) is 7.02. The molecule has 0 spiro atoms. The minimum atomic E-state index is -0.771. The number of carboxylic acid groups (broad SMARTS) is 1. The summed E-state index contributed by atoms with van der Waals surface area (Å²) >= 11 is 1.71. The van der Waals surface area contributed by atoms with E-state index in [0.29, 0.717) is 19.4 Å². The van der Waals surface area contributed by atoms with Gasteiger partial charge in [-0.2, -0.15) is 0 Å². The average Bonchev–Trinajstić information content (AvgIpc) is 2.53. The molecule has 5 heteroatoms. The SMILES string of the molecule is Cc1ccc(SCCNC(=O)C2CCCC(C(=O)O)C2)cc1. The van der Waals surface area contributed by atoms with Gasteiger partial charge in [-0.05, 0) is 38.3 Å². The molecule has 1 aromatic rings. The third-order valence-electron chi connectivity index (χ3n) is 4.09. The molecule has 4 nitrogen and oxygen atoms in total. The molecule has 1 aromatic carbocycles. The van der Waals surface area contributed by atoms with Crippen molar-refractivity contribution in [3.05, 3.63) is 29.8 Å². The minimum absolute atomic E-state index is 0.00968. The quantitative estimate of drug-likeness (QED) is 0.624. The molecule has 2 atom stereocenters. The van der Waals surface area contributed by atoms with E-state index in [1.807, 2.05) is 0 Å². The Balaban J connectivity index is 1.69. The van der Waals surface area contributed by atoms with Crippen molar-refractivity contribution in [2.75, 3.05) is 12.3 Å². The zero-order valence-electron chi connectivity index (χ0n) is 12.9. The van der Waals surface area contributed by atoms with Gasteiger partial charge in [0.2, 0.25) is 5.91 Å². The molecule has 0 radical (unpaired) electrons. The fourth-order valence-corrected chi connectivity index (χ4v) is 3.54. The van der Waals surface area contributed by atoms with Gasteiger partial charge < -0.3 is 10.4 Å². The molecule has 1 saturated carbocycles. The van der Waals surface area contributed by atoms with E-state index in [9.17, 15) is 9.59 Å². The Labute approximate surface area is 135 Å². The minimum Gasteiger partial charge on any atom is -0.481 e. The maximum Gasteiger partial charge on any atom is 0.306 e. The van der Waals surface area contributed by atoms with Gasteiger partial charge in [-0.15, -0.1) is 11.8 Å². The molecule has 2 unspecified atom stereocenters. The van der Waals surface area contributed by atoms with Crippen LogP contribution in [0.4, 0.5) is 0 Å². The Morgan fingerprint density at radius 3 is 2.59 bits per heavy atom. The number of thioether (sulfide) groups is 1. The van der Waals surface area contributed by atoms with Crippen LogP contribution in [0.15, 0.2) is 29.2 Å². The normalized spacial score (nSPS) is 21.3. The van der Waals surface area contributed by atoms with E-state index < -0.39 is 5.97 Å². The molecule has 120 valence electrons.